The van der Waals surface area contributed by atoms with Crippen molar-refractivity contribution in [3.8, 4) is 0 Å². The van der Waals surface area contributed by atoms with Crippen LogP contribution < -0.4 is 17.0 Å². The van der Waals surface area contributed by atoms with Gasteiger partial charge in [0, 0.05) is 7.05 Å². The Morgan fingerprint density at radius 3 is 2.65 bits per heavy atom. The molecule has 0 spiro atoms. The van der Waals surface area contributed by atoms with E-state index in [1.54, 1.807) is 0 Å². The Labute approximate surface area is 114 Å². The molecule has 4 N–H and O–H groups in total. The molecule has 2 rings (SSSR count). The van der Waals surface area contributed by atoms with Gasteiger partial charge < -0.3 is 5.43 Å². The summed E-state index contributed by atoms with van der Waals surface area (Å²) in [4.78, 5) is 15.0. The largest absolute Gasteiger partial charge is 0.416 e. The van der Waals surface area contributed by atoms with Gasteiger partial charge in [-0.15, -0.1) is 5.10 Å². The average Bonchev–Trinajstić information content (AvgIpc) is 2.69. The zero-order chi connectivity index (χ0) is 14.9. The van der Waals surface area contributed by atoms with Crippen LogP contribution in [0, 0.1) is 0 Å². The third-order valence-electron chi connectivity index (χ3n) is 2.31. The summed E-state index contributed by atoms with van der Waals surface area (Å²) in [5.74, 6) is 4.96. The molecule has 0 radical (unpaired) electrons. The molecule has 7 nitrogen and oxygen atoms in total. The number of anilines is 1. The van der Waals surface area contributed by atoms with E-state index in [9.17, 15) is 18.0 Å². The highest BCUT2D eigenvalue weighted by Gasteiger charge is 2.31. The summed E-state index contributed by atoms with van der Waals surface area (Å²) in [5, 5.41) is 6.04. The number of aromatic amines is 1. The number of nitrogens with zero attached hydrogens (tertiary/aromatic N) is 3. The maximum Gasteiger partial charge on any atom is 0.416 e. The van der Waals surface area contributed by atoms with E-state index in [0.717, 1.165) is 28.5 Å². The average molecular weight is 306 g/mol. The van der Waals surface area contributed by atoms with Gasteiger partial charge in [0.25, 0.3) is 0 Å². The first-order valence-electron chi connectivity index (χ1n) is 5.16. The van der Waals surface area contributed by atoms with Gasteiger partial charge in [0.05, 0.1) is 5.56 Å². The van der Waals surface area contributed by atoms with Crippen molar-refractivity contribution in [1.82, 2.24) is 19.7 Å². The number of hydrazine groups is 1. The molecule has 0 amide bonds. The molecule has 2 heterocycles. The lowest BCUT2D eigenvalue weighted by Gasteiger charge is -2.10. The zero-order valence-corrected chi connectivity index (χ0v) is 10.8. The SMILES string of the molecule is Cn1c(Sc2cc(C(F)(F)F)cc(NN)n2)n[nH]c1=O. The lowest BCUT2D eigenvalue weighted by molar-refractivity contribution is -0.137. The highest BCUT2D eigenvalue weighted by Crippen LogP contribution is 2.34. The molecule has 0 aliphatic rings. The van der Waals surface area contributed by atoms with Crippen LogP contribution in [-0.2, 0) is 13.2 Å². The molecule has 11 heteroatoms. The standard InChI is InChI=1S/C9H9F3N6OS/c1-18-7(19)16-17-8(18)20-6-3-4(9(10,11)12)2-5(14-6)15-13/h2-3H,13H2,1H3,(H,14,15)(H,16,19). The van der Waals surface area contributed by atoms with E-state index in [2.05, 4.69) is 20.6 Å². The second-order valence-electron chi connectivity index (χ2n) is 3.69. The van der Waals surface area contributed by atoms with Gasteiger partial charge in [-0.1, -0.05) is 0 Å². The fourth-order valence-corrected chi connectivity index (χ4v) is 2.14. The van der Waals surface area contributed by atoms with Gasteiger partial charge in [-0.2, -0.15) is 13.2 Å². The molecule has 0 aliphatic carbocycles. The Balaban J connectivity index is 2.41. The highest BCUT2D eigenvalue weighted by atomic mass is 32.2. The van der Waals surface area contributed by atoms with Crippen LogP contribution in [0.4, 0.5) is 19.0 Å². The number of rotatable bonds is 3. The summed E-state index contributed by atoms with van der Waals surface area (Å²) in [6.45, 7) is 0. The lowest BCUT2D eigenvalue weighted by Crippen LogP contribution is -2.13. The van der Waals surface area contributed by atoms with E-state index < -0.39 is 17.4 Å². The first-order chi connectivity index (χ1) is 9.31. The fraction of sp³-hybridized carbons (Fsp3) is 0.222. The molecule has 108 valence electrons. The highest BCUT2D eigenvalue weighted by molar-refractivity contribution is 7.99. The molecule has 2 aromatic heterocycles. The van der Waals surface area contributed by atoms with E-state index in [1.807, 2.05) is 0 Å². The van der Waals surface area contributed by atoms with Crippen LogP contribution >= 0.6 is 11.8 Å². The first-order valence-corrected chi connectivity index (χ1v) is 5.98. The van der Waals surface area contributed by atoms with Crippen LogP contribution in [0.25, 0.3) is 0 Å². The Morgan fingerprint density at radius 2 is 2.15 bits per heavy atom. The van der Waals surface area contributed by atoms with Crippen LogP contribution in [-0.4, -0.2) is 19.7 Å². The normalized spacial score (nSPS) is 11.7. The topological polar surface area (TPSA) is 102 Å². The molecule has 0 unspecified atom stereocenters. The van der Waals surface area contributed by atoms with Crippen LogP contribution in [0.5, 0.6) is 0 Å². The monoisotopic (exact) mass is 306 g/mol. The second kappa shape index (κ2) is 5.17. The number of H-pyrrole nitrogens is 1. The molecule has 20 heavy (non-hydrogen) atoms. The van der Waals surface area contributed by atoms with Crippen LogP contribution in [0.3, 0.4) is 0 Å². The molecular weight excluding hydrogens is 297 g/mol. The Kier molecular flexibility index (Phi) is 3.72. The van der Waals surface area contributed by atoms with Gasteiger partial charge >= 0.3 is 11.9 Å². The van der Waals surface area contributed by atoms with E-state index in [4.69, 9.17) is 5.84 Å². The summed E-state index contributed by atoms with van der Waals surface area (Å²) in [6, 6.07) is 1.64. The molecule has 0 atom stereocenters. The van der Waals surface area contributed by atoms with Crippen molar-refractivity contribution < 1.29 is 13.2 Å². The van der Waals surface area contributed by atoms with Gasteiger partial charge in [0.2, 0.25) is 0 Å². The van der Waals surface area contributed by atoms with E-state index in [0.29, 0.717) is 0 Å². The van der Waals surface area contributed by atoms with Crippen LogP contribution in [0.2, 0.25) is 0 Å². The number of halogens is 3. The molecule has 0 saturated carbocycles. The quantitative estimate of drug-likeness (QED) is 0.577. The predicted molar refractivity (Wildman–Crippen MR) is 65.0 cm³/mol. The first kappa shape index (κ1) is 14.4. The van der Waals surface area contributed by atoms with Crippen LogP contribution in [0.1, 0.15) is 5.56 Å². The summed E-state index contributed by atoms with van der Waals surface area (Å²) in [6.07, 6.45) is -4.53. The number of nitrogens with one attached hydrogen (secondary N) is 2. The maximum atomic E-state index is 12.7. The number of nitrogens with two attached hydrogens (primary N) is 1. The number of hydrogen-bond acceptors (Lipinski definition) is 6. The predicted octanol–water partition coefficient (Wildman–Crippen LogP) is 0.959. The minimum Gasteiger partial charge on any atom is -0.308 e. The second-order valence-corrected chi connectivity index (χ2v) is 4.68. The van der Waals surface area contributed by atoms with Crippen molar-refractivity contribution in [2.24, 2.45) is 12.9 Å². The zero-order valence-electron chi connectivity index (χ0n) is 10.0. The number of hydrogen-bond donors (Lipinski definition) is 3. The third-order valence-corrected chi connectivity index (χ3v) is 3.28. The summed E-state index contributed by atoms with van der Waals surface area (Å²) < 4.78 is 39.3. The van der Waals surface area contributed by atoms with Gasteiger partial charge in [-0.05, 0) is 23.9 Å². The molecule has 0 aromatic carbocycles. The fourth-order valence-electron chi connectivity index (χ4n) is 1.31. The molecular formula is C9H9F3N6OS. The van der Waals surface area contributed by atoms with Gasteiger partial charge in [-0.3, -0.25) is 4.57 Å². The van der Waals surface area contributed by atoms with Crippen molar-refractivity contribution in [2.75, 3.05) is 5.43 Å². The summed E-state index contributed by atoms with van der Waals surface area (Å²) in [5.41, 5.74) is 0.689. The van der Waals surface area contributed by atoms with Gasteiger partial charge in [0.1, 0.15) is 10.8 Å². The number of aromatic nitrogens is 4. The van der Waals surface area contributed by atoms with Crippen molar-refractivity contribution in [2.45, 2.75) is 16.4 Å². The van der Waals surface area contributed by atoms with E-state index in [1.165, 1.54) is 7.05 Å². The third kappa shape index (κ3) is 2.93. The maximum absolute atomic E-state index is 12.7. The van der Waals surface area contributed by atoms with Crippen molar-refractivity contribution in [3.63, 3.8) is 0 Å². The molecule has 0 fully saturated rings. The minimum absolute atomic E-state index is 0.00914. The van der Waals surface area contributed by atoms with Crippen molar-refractivity contribution in [3.05, 3.63) is 28.2 Å². The number of pyridine rings is 1. The smallest absolute Gasteiger partial charge is 0.308 e. The van der Waals surface area contributed by atoms with Gasteiger partial charge in [0.15, 0.2) is 5.16 Å². The number of nitrogen functional groups attached to an aromatic ring is 1. The molecule has 0 aliphatic heterocycles. The van der Waals surface area contributed by atoms with Crippen LogP contribution in [0.15, 0.2) is 27.1 Å². The summed E-state index contributed by atoms with van der Waals surface area (Å²) >= 11 is 0.809. The Morgan fingerprint density at radius 1 is 1.45 bits per heavy atom. The van der Waals surface area contributed by atoms with E-state index in [-0.39, 0.29) is 16.0 Å². The minimum atomic E-state index is -4.53. The Bertz CT molecular complexity index is 679. The van der Waals surface area contributed by atoms with Gasteiger partial charge in [-0.25, -0.2) is 20.7 Å². The molecule has 0 bridgehead atoms. The van der Waals surface area contributed by atoms with Crippen molar-refractivity contribution >= 4 is 17.6 Å². The molecule has 0 saturated heterocycles. The Hall–Kier alpha value is -2.01. The lowest BCUT2D eigenvalue weighted by atomic mass is 10.2. The van der Waals surface area contributed by atoms with E-state index >= 15 is 0 Å². The molecule has 2 aromatic rings. The van der Waals surface area contributed by atoms with Crippen molar-refractivity contribution in [1.29, 1.82) is 0 Å². The summed E-state index contributed by atoms with van der Waals surface area (Å²) in [7, 11) is 1.43. The number of alkyl halides is 3.